The summed E-state index contributed by atoms with van der Waals surface area (Å²) in [5, 5.41) is 0. The van der Waals surface area contributed by atoms with Crippen molar-refractivity contribution in [1.82, 2.24) is 4.90 Å². The van der Waals surface area contributed by atoms with E-state index in [0.717, 1.165) is 42.1 Å². The summed E-state index contributed by atoms with van der Waals surface area (Å²) in [4.78, 5) is 2.19. The Kier molecular flexibility index (Phi) is 4.05. The molecule has 1 saturated heterocycles. The van der Waals surface area contributed by atoms with Gasteiger partial charge in [-0.05, 0) is 12.1 Å². The number of furan rings is 1. The first-order valence-corrected chi connectivity index (χ1v) is 6.27. The van der Waals surface area contributed by atoms with Gasteiger partial charge in [-0.25, -0.2) is 0 Å². The van der Waals surface area contributed by atoms with E-state index >= 15 is 0 Å². The van der Waals surface area contributed by atoms with Crippen LogP contribution in [0.3, 0.4) is 0 Å². The summed E-state index contributed by atoms with van der Waals surface area (Å²) >= 11 is 6.99. The highest BCUT2D eigenvalue weighted by atomic mass is 32.2. The Morgan fingerprint density at radius 2 is 2.27 bits per heavy atom. The lowest BCUT2D eigenvalue weighted by atomic mass is 10.5. The summed E-state index contributed by atoms with van der Waals surface area (Å²) in [6.07, 6.45) is 1.69. The monoisotopic (exact) mass is 243 g/mol. The molecule has 3 nitrogen and oxygen atoms in total. The minimum atomic E-state index is 0.779. The lowest BCUT2D eigenvalue weighted by molar-refractivity contribution is 0.0702. The third-order valence-electron chi connectivity index (χ3n) is 2.19. The average molecular weight is 243 g/mol. The SMILES string of the molecule is S=C(SCc1ccco1)N1CCOCC1. The van der Waals surface area contributed by atoms with Crippen molar-refractivity contribution in [2.45, 2.75) is 5.75 Å². The van der Waals surface area contributed by atoms with Crippen molar-refractivity contribution in [3.05, 3.63) is 24.2 Å². The van der Waals surface area contributed by atoms with Gasteiger partial charge in [0.05, 0.1) is 25.2 Å². The molecular weight excluding hydrogens is 230 g/mol. The molecule has 0 unspecified atom stereocenters. The lowest BCUT2D eigenvalue weighted by Crippen LogP contribution is -2.38. The molecule has 2 heterocycles. The number of ether oxygens (including phenoxy) is 1. The predicted octanol–water partition coefficient (Wildman–Crippen LogP) is 2.13. The topological polar surface area (TPSA) is 25.6 Å². The van der Waals surface area contributed by atoms with E-state index in [2.05, 4.69) is 4.90 Å². The Balaban J connectivity index is 1.76. The third-order valence-corrected chi connectivity index (χ3v) is 3.73. The number of rotatable bonds is 2. The Morgan fingerprint density at radius 3 is 2.93 bits per heavy atom. The van der Waals surface area contributed by atoms with E-state index in [-0.39, 0.29) is 0 Å². The molecule has 0 bridgehead atoms. The van der Waals surface area contributed by atoms with Gasteiger partial charge in [-0.15, -0.1) is 0 Å². The fraction of sp³-hybridized carbons (Fsp3) is 0.500. The van der Waals surface area contributed by atoms with Crippen LogP contribution in [0.15, 0.2) is 22.8 Å². The zero-order valence-electron chi connectivity index (χ0n) is 8.35. The minimum absolute atomic E-state index is 0.779. The maximum absolute atomic E-state index is 5.34. The third kappa shape index (κ3) is 3.22. The largest absolute Gasteiger partial charge is 0.468 e. The second kappa shape index (κ2) is 5.53. The number of nitrogens with zero attached hydrogens (tertiary/aromatic N) is 1. The van der Waals surface area contributed by atoms with Crippen LogP contribution in [-0.4, -0.2) is 35.5 Å². The second-order valence-corrected chi connectivity index (χ2v) is 4.84. The highest BCUT2D eigenvalue weighted by molar-refractivity contribution is 8.22. The number of thiocarbonyl (C=S) groups is 1. The van der Waals surface area contributed by atoms with Gasteiger partial charge in [0.2, 0.25) is 0 Å². The molecule has 1 aromatic heterocycles. The number of thioether (sulfide) groups is 1. The van der Waals surface area contributed by atoms with Crippen LogP contribution in [0.5, 0.6) is 0 Å². The molecule has 1 aliphatic heterocycles. The quantitative estimate of drug-likeness (QED) is 0.741. The van der Waals surface area contributed by atoms with E-state index < -0.39 is 0 Å². The molecule has 0 spiro atoms. The van der Waals surface area contributed by atoms with Gasteiger partial charge in [-0.3, -0.25) is 0 Å². The summed E-state index contributed by atoms with van der Waals surface area (Å²) in [5.74, 6) is 1.78. The van der Waals surface area contributed by atoms with Crippen molar-refractivity contribution in [2.24, 2.45) is 0 Å². The fourth-order valence-corrected chi connectivity index (χ4v) is 2.52. The van der Waals surface area contributed by atoms with Crippen LogP contribution in [0.4, 0.5) is 0 Å². The van der Waals surface area contributed by atoms with Gasteiger partial charge in [-0.1, -0.05) is 24.0 Å². The van der Waals surface area contributed by atoms with E-state index in [1.54, 1.807) is 18.0 Å². The van der Waals surface area contributed by atoms with Gasteiger partial charge in [0, 0.05) is 13.1 Å². The van der Waals surface area contributed by atoms with Crippen LogP contribution in [0.1, 0.15) is 5.76 Å². The molecule has 1 fully saturated rings. The van der Waals surface area contributed by atoms with Crippen LogP contribution in [0, 0.1) is 0 Å². The number of morpholine rings is 1. The van der Waals surface area contributed by atoms with Gasteiger partial charge in [0.25, 0.3) is 0 Å². The molecule has 1 aliphatic rings. The molecule has 0 aliphatic carbocycles. The number of hydrogen-bond donors (Lipinski definition) is 0. The fourth-order valence-electron chi connectivity index (χ4n) is 1.36. The van der Waals surface area contributed by atoms with E-state index in [4.69, 9.17) is 21.4 Å². The molecule has 1 aromatic rings. The molecule has 0 atom stereocenters. The highest BCUT2D eigenvalue weighted by Crippen LogP contribution is 2.17. The van der Waals surface area contributed by atoms with Crippen molar-refractivity contribution in [2.75, 3.05) is 26.3 Å². The summed E-state index contributed by atoms with van der Waals surface area (Å²) < 4.78 is 11.5. The Hall–Kier alpha value is -0.520. The molecule has 0 aromatic carbocycles. The average Bonchev–Trinajstić information content (AvgIpc) is 2.80. The first-order valence-electron chi connectivity index (χ1n) is 4.88. The van der Waals surface area contributed by atoms with Crippen LogP contribution >= 0.6 is 24.0 Å². The maximum atomic E-state index is 5.34. The second-order valence-electron chi connectivity index (χ2n) is 3.23. The molecule has 0 saturated carbocycles. The molecule has 2 rings (SSSR count). The smallest absolute Gasteiger partial charge is 0.136 e. The first-order chi connectivity index (χ1) is 7.36. The van der Waals surface area contributed by atoms with Gasteiger partial charge in [-0.2, -0.15) is 0 Å². The van der Waals surface area contributed by atoms with Gasteiger partial charge >= 0.3 is 0 Å². The maximum Gasteiger partial charge on any atom is 0.136 e. The lowest BCUT2D eigenvalue weighted by Gasteiger charge is -2.28. The van der Waals surface area contributed by atoms with Crippen molar-refractivity contribution < 1.29 is 9.15 Å². The standard InChI is InChI=1S/C10H13NO2S2/c14-10(11-3-6-12-7-4-11)15-8-9-2-1-5-13-9/h1-2,5H,3-4,6-8H2. The van der Waals surface area contributed by atoms with Crippen molar-refractivity contribution in [3.8, 4) is 0 Å². The van der Waals surface area contributed by atoms with E-state index in [0.29, 0.717) is 0 Å². The molecule has 0 radical (unpaired) electrons. The summed E-state index contributed by atoms with van der Waals surface area (Å²) in [6.45, 7) is 3.37. The molecule has 0 N–H and O–H groups in total. The summed E-state index contributed by atoms with van der Waals surface area (Å²) in [7, 11) is 0. The zero-order chi connectivity index (χ0) is 10.5. The first kappa shape index (κ1) is 11.0. The van der Waals surface area contributed by atoms with Crippen molar-refractivity contribution in [1.29, 1.82) is 0 Å². The number of hydrogen-bond acceptors (Lipinski definition) is 4. The van der Waals surface area contributed by atoms with Crippen LogP contribution in [0.2, 0.25) is 0 Å². The molecular formula is C10H13NO2S2. The van der Waals surface area contributed by atoms with Gasteiger partial charge < -0.3 is 14.1 Å². The predicted molar refractivity (Wildman–Crippen MR) is 65.0 cm³/mol. The molecule has 0 amide bonds. The summed E-state index contributed by atoms with van der Waals surface area (Å²) in [5.41, 5.74) is 0. The van der Waals surface area contributed by atoms with E-state index in [1.807, 2.05) is 12.1 Å². The Morgan fingerprint density at radius 1 is 1.47 bits per heavy atom. The molecule has 15 heavy (non-hydrogen) atoms. The van der Waals surface area contributed by atoms with Crippen LogP contribution in [0.25, 0.3) is 0 Å². The van der Waals surface area contributed by atoms with Gasteiger partial charge in [0.15, 0.2) is 0 Å². The van der Waals surface area contributed by atoms with E-state index in [1.165, 1.54) is 0 Å². The van der Waals surface area contributed by atoms with Crippen molar-refractivity contribution in [3.63, 3.8) is 0 Å². The molecule has 5 heteroatoms. The minimum Gasteiger partial charge on any atom is -0.468 e. The van der Waals surface area contributed by atoms with E-state index in [9.17, 15) is 0 Å². The highest BCUT2D eigenvalue weighted by Gasteiger charge is 2.14. The zero-order valence-corrected chi connectivity index (χ0v) is 9.98. The van der Waals surface area contributed by atoms with Gasteiger partial charge in [0.1, 0.15) is 10.1 Å². The normalized spacial score (nSPS) is 16.7. The van der Waals surface area contributed by atoms with Crippen LogP contribution in [-0.2, 0) is 10.5 Å². The Bertz CT molecular complexity index is 307. The summed E-state index contributed by atoms with van der Waals surface area (Å²) in [6, 6.07) is 3.86. The van der Waals surface area contributed by atoms with Crippen LogP contribution < -0.4 is 0 Å². The van der Waals surface area contributed by atoms with Crippen molar-refractivity contribution >= 4 is 28.3 Å². The Labute approximate surface area is 98.8 Å². The molecule has 82 valence electrons.